The average molecular weight is 917 g/mol. The average Bonchev–Trinajstić information content (AvgIpc) is 3.83. The summed E-state index contributed by atoms with van der Waals surface area (Å²) in [6.45, 7) is 5.85. The highest BCUT2D eigenvalue weighted by Gasteiger charge is 2.21. The number of carbonyl (C=O) groups is 2. The van der Waals surface area contributed by atoms with Gasteiger partial charge in [0.15, 0.2) is 11.5 Å². The molecule has 12 nitrogen and oxygen atoms in total. The van der Waals surface area contributed by atoms with E-state index in [0.717, 1.165) is 55.5 Å². The lowest BCUT2D eigenvalue weighted by Gasteiger charge is -2.12. The van der Waals surface area contributed by atoms with Crippen molar-refractivity contribution in [2.45, 2.75) is 20.8 Å². The topological polar surface area (TPSA) is 166 Å². The van der Waals surface area contributed by atoms with Gasteiger partial charge in [-0.2, -0.15) is 15.3 Å². The van der Waals surface area contributed by atoms with Gasteiger partial charge in [0.1, 0.15) is 17.1 Å². The van der Waals surface area contributed by atoms with Gasteiger partial charge in [0, 0.05) is 39.5 Å². The molecule has 0 saturated carbocycles. The molecule has 0 saturated heterocycles. The fraction of sp³-hybridized carbons (Fsp3) is 0.0517. The van der Waals surface area contributed by atoms with Crippen LogP contribution in [-0.4, -0.2) is 31.8 Å². The van der Waals surface area contributed by atoms with Crippen LogP contribution >= 0.6 is 0 Å². The number of fused-ring (bicyclic) bond motifs is 2. The van der Waals surface area contributed by atoms with Crippen LogP contribution in [0, 0.1) is 20.8 Å². The third kappa shape index (κ3) is 8.99. The largest absolute Gasteiger partial charge is 0.505 e. The van der Waals surface area contributed by atoms with Gasteiger partial charge in [0.05, 0.1) is 28.2 Å². The normalized spacial score (nSPS) is 11.5. The molecule has 1 aromatic heterocycles. The number of aryl methyl sites for hydroxylation is 3. The maximum atomic E-state index is 13.5. The summed E-state index contributed by atoms with van der Waals surface area (Å²) in [5, 5.41) is 54.6. The summed E-state index contributed by atoms with van der Waals surface area (Å²) < 4.78 is 1.81. The summed E-state index contributed by atoms with van der Waals surface area (Å²) in [4.78, 5) is 27.0. The Labute approximate surface area is 403 Å². The summed E-state index contributed by atoms with van der Waals surface area (Å²) in [5.74, 6) is -1.46. The number of carbonyl (C=O) groups excluding carboxylic acids is 2. The number of para-hydroxylation sites is 2. The van der Waals surface area contributed by atoms with Crippen LogP contribution < -0.4 is 10.6 Å². The minimum absolute atomic E-state index is 0.0842. The maximum Gasteiger partial charge on any atom is 0.259 e. The number of amides is 2. The Morgan fingerprint density at radius 1 is 0.500 bits per heavy atom. The molecule has 0 aliphatic rings. The number of rotatable bonds is 11. The summed E-state index contributed by atoms with van der Waals surface area (Å²) in [5.41, 5.74) is 10.0. The molecular formula is C58H44N8O4. The van der Waals surface area contributed by atoms with E-state index >= 15 is 0 Å². The highest BCUT2D eigenvalue weighted by molar-refractivity contribution is 6.13. The minimum atomic E-state index is -0.460. The number of phenols is 2. The summed E-state index contributed by atoms with van der Waals surface area (Å²) in [6.07, 6.45) is 1.97. The van der Waals surface area contributed by atoms with Crippen LogP contribution in [0.15, 0.2) is 209 Å². The first-order valence-corrected chi connectivity index (χ1v) is 22.5. The monoisotopic (exact) mass is 916 g/mol. The number of azo groups is 2. The Morgan fingerprint density at radius 2 is 0.943 bits per heavy atom. The Kier molecular flexibility index (Phi) is 12.0. The summed E-state index contributed by atoms with van der Waals surface area (Å²) >= 11 is 0. The van der Waals surface area contributed by atoms with Gasteiger partial charge in [-0.1, -0.05) is 127 Å². The number of hydrogen-bond donors (Lipinski definition) is 4. The van der Waals surface area contributed by atoms with Crippen molar-refractivity contribution < 1.29 is 19.8 Å². The van der Waals surface area contributed by atoms with Gasteiger partial charge >= 0.3 is 0 Å². The van der Waals surface area contributed by atoms with E-state index in [1.807, 2.05) is 189 Å². The second kappa shape index (κ2) is 19.0. The first-order valence-electron chi connectivity index (χ1n) is 22.5. The fourth-order valence-corrected chi connectivity index (χ4v) is 8.23. The molecular weight excluding hydrogens is 873 g/mol. The van der Waals surface area contributed by atoms with E-state index in [2.05, 4.69) is 43.2 Å². The molecule has 0 bridgehead atoms. The third-order valence-corrected chi connectivity index (χ3v) is 12.1. The summed E-state index contributed by atoms with van der Waals surface area (Å²) in [6, 6.07) is 56.2. The van der Waals surface area contributed by atoms with Crippen LogP contribution in [0.4, 0.5) is 34.1 Å². The predicted molar refractivity (Wildman–Crippen MR) is 277 cm³/mol. The van der Waals surface area contributed by atoms with Crippen LogP contribution in [0.5, 0.6) is 11.5 Å². The lowest BCUT2D eigenvalue weighted by atomic mass is 10.0. The van der Waals surface area contributed by atoms with E-state index in [1.165, 1.54) is 0 Å². The zero-order valence-electron chi connectivity index (χ0n) is 38.3. The lowest BCUT2D eigenvalue weighted by Crippen LogP contribution is -2.13. The van der Waals surface area contributed by atoms with Gasteiger partial charge in [-0.15, -0.1) is 10.2 Å². The molecule has 9 aromatic carbocycles. The van der Waals surface area contributed by atoms with Crippen LogP contribution in [0.1, 0.15) is 37.4 Å². The van der Waals surface area contributed by atoms with E-state index in [1.54, 1.807) is 12.1 Å². The Hall–Kier alpha value is -9.55. The Morgan fingerprint density at radius 3 is 1.44 bits per heavy atom. The number of phenolic OH excluding ortho intramolecular Hbond substituents is 2. The molecule has 0 aliphatic heterocycles. The molecule has 10 aromatic rings. The summed E-state index contributed by atoms with van der Waals surface area (Å²) in [7, 11) is 0. The first-order chi connectivity index (χ1) is 34.1. The maximum absolute atomic E-state index is 13.5. The van der Waals surface area contributed by atoms with Crippen molar-refractivity contribution in [3.63, 3.8) is 0 Å². The van der Waals surface area contributed by atoms with Gasteiger partial charge in [-0.05, 0) is 109 Å². The molecule has 0 spiro atoms. The molecule has 10 rings (SSSR count). The van der Waals surface area contributed by atoms with E-state index in [9.17, 15) is 19.8 Å². The molecule has 12 heteroatoms. The smallest absolute Gasteiger partial charge is 0.259 e. The molecule has 0 atom stereocenters. The van der Waals surface area contributed by atoms with Gasteiger partial charge in [-0.3, -0.25) is 9.59 Å². The van der Waals surface area contributed by atoms with Crippen LogP contribution in [0.3, 0.4) is 0 Å². The van der Waals surface area contributed by atoms with Crippen molar-refractivity contribution in [2.24, 2.45) is 20.5 Å². The van der Waals surface area contributed by atoms with Crippen molar-refractivity contribution >= 4 is 67.5 Å². The van der Waals surface area contributed by atoms with E-state index in [0.29, 0.717) is 33.5 Å². The second-order valence-corrected chi connectivity index (χ2v) is 16.9. The molecule has 4 N–H and O–H groups in total. The van der Waals surface area contributed by atoms with Crippen molar-refractivity contribution in [1.82, 2.24) is 9.78 Å². The van der Waals surface area contributed by atoms with Crippen molar-refractivity contribution in [3.8, 4) is 39.6 Å². The highest BCUT2D eigenvalue weighted by Crippen LogP contribution is 2.42. The fourth-order valence-electron chi connectivity index (χ4n) is 8.23. The molecule has 2 amide bonds. The zero-order chi connectivity index (χ0) is 48.3. The molecule has 340 valence electrons. The standard InChI is InChI=1S/C58H44N8O4/c1-35-20-22-39(23-21-35)52-49(38-24-26-42(27-25-38)61-63-53-45-16-8-6-14-40(45)32-47(55(53)67)57(69)59-50-18-10-4-12-36(50)2)34-66(65-52)44-30-28-43(29-31-44)62-64-54-46-17-9-7-15-41(46)33-48(56(54)68)58(70)60-51-19-11-5-13-37(51)3/h4-34,67-68H,1-3H3,(H,59,69)(H,60,70). The second-order valence-electron chi connectivity index (χ2n) is 16.9. The molecule has 0 unspecified atom stereocenters. The highest BCUT2D eigenvalue weighted by atomic mass is 16.3. The van der Waals surface area contributed by atoms with Crippen molar-refractivity contribution in [3.05, 3.63) is 216 Å². The molecule has 70 heavy (non-hydrogen) atoms. The number of nitrogens with one attached hydrogen (secondary N) is 2. The molecule has 0 aliphatic carbocycles. The third-order valence-electron chi connectivity index (χ3n) is 12.1. The molecule has 0 fully saturated rings. The van der Waals surface area contributed by atoms with Crippen LogP contribution in [0.2, 0.25) is 0 Å². The number of aromatic nitrogens is 2. The Bertz CT molecular complexity index is 3690. The van der Waals surface area contributed by atoms with Crippen molar-refractivity contribution in [1.29, 1.82) is 0 Å². The first kappa shape index (κ1) is 44.3. The number of nitrogens with zero attached hydrogens (tertiary/aromatic N) is 6. The quantitative estimate of drug-likeness (QED) is 0.0947. The van der Waals surface area contributed by atoms with E-state index in [-0.39, 0.29) is 34.0 Å². The Balaban J connectivity index is 0.928. The van der Waals surface area contributed by atoms with Gasteiger partial charge in [0.25, 0.3) is 11.8 Å². The van der Waals surface area contributed by atoms with Crippen molar-refractivity contribution in [2.75, 3.05) is 10.6 Å². The van der Waals surface area contributed by atoms with E-state index < -0.39 is 11.8 Å². The van der Waals surface area contributed by atoms with Crippen LogP contribution in [-0.2, 0) is 0 Å². The lowest BCUT2D eigenvalue weighted by molar-refractivity contribution is 0.101. The molecule has 0 radical (unpaired) electrons. The van der Waals surface area contributed by atoms with E-state index in [4.69, 9.17) is 5.10 Å². The number of benzene rings is 9. The molecule has 1 heterocycles. The van der Waals surface area contributed by atoms with Gasteiger partial charge in [0.2, 0.25) is 0 Å². The number of aromatic hydroxyl groups is 2. The SMILES string of the molecule is Cc1ccc(-c2nn(-c3ccc(N=Nc4c(O)c(C(=O)Nc5ccccc5C)cc5ccccc45)cc3)cc2-c2ccc(N=Nc3c(O)c(C(=O)Nc4ccccc4C)cc4ccccc34)cc2)cc1. The minimum Gasteiger partial charge on any atom is -0.505 e. The zero-order valence-corrected chi connectivity index (χ0v) is 38.3. The van der Waals surface area contributed by atoms with Gasteiger partial charge in [-0.25, -0.2) is 4.68 Å². The number of anilines is 2. The predicted octanol–water partition coefficient (Wildman–Crippen LogP) is 15.2. The number of hydrogen-bond acceptors (Lipinski definition) is 9. The van der Waals surface area contributed by atoms with Crippen LogP contribution in [0.25, 0.3) is 49.6 Å². The van der Waals surface area contributed by atoms with Gasteiger partial charge < -0.3 is 20.8 Å².